The predicted molar refractivity (Wildman–Crippen MR) is 67.6 cm³/mol. The van der Waals surface area contributed by atoms with Gasteiger partial charge in [0.25, 0.3) is 0 Å². The fourth-order valence-corrected chi connectivity index (χ4v) is 2.10. The maximum atomic E-state index is 6.25. The van der Waals surface area contributed by atoms with Crippen LogP contribution in [0.2, 0.25) is 0 Å². The van der Waals surface area contributed by atoms with E-state index in [9.17, 15) is 0 Å². The van der Waals surface area contributed by atoms with Crippen LogP contribution in [0.3, 0.4) is 0 Å². The Balaban J connectivity index is 2.39. The summed E-state index contributed by atoms with van der Waals surface area (Å²) in [6, 6.07) is 6.13. The van der Waals surface area contributed by atoms with Crippen molar-refractivity contribution in [1.82, 2.24) is 14.8 Å². The van der Waals surface area contributed by atoms with Crippen molar-refractivity contribution < 1.29 is 0 Å². The summed E-state index contributed by atoms with van der Waals surface area (Å²) in [6.07, 6.45) is 1.56. The Morgan fingerprint density at radius 1 is 1.24 bits per heavy atom. The molecule has 90 valence electrons. The van der Waals surface area contributed by atoms with Gasteiger partial charge in [0.05, 0.1) is 6.04 Å². The van der Waals surface area contributed by atoms with Crippen molar-refractivity contribution in [1.29, 1.82) is 0 Å². The normalized spacial score (nSPS) is 12.7. The van der Waals surface area contributed by atoms with Crippen LogP contribution in [0, 0.1) is 13.8 Å². The second-order valence-electron chi connectivity index (χ2n) is 4.33. The number of rotatable bonds is 3. The monoisotopic (exact) mass is 230 g/mol. The van der Waals surface area contributed by atoms with Crippen molar-refractivity contribution in [3.8, 4) is 0 Å². The average molecular weight is 230 g/mol. The Morgan fingerprint density at radius 3 is 2.47 bits per heavy atom. The summed E-state index contributed by atoms with van der Waals surface area (Å²) in [6.45, 7) is 6.97. The first-order valence-electron chi connectivity index (χ1n) is 5.83. The van der Waals surface area contributed by atoms with Crippen LogP contribution >= 0.6 is 0 Å². The standard InChI is InChI=1S/C13H18N4/c1-4-17-13(15-8-16-17)12(14)11-6-9(2)5-10(3)7-11/h5-8,12H,4,14H2,1-3H3. The van der Waals surface area contributed by atoms with E-state index < -0.39 is 0 Å². The smallest absolute Gasteiger partial charge is 0.148 e. The fourth-order valence-electron chi connectivity index (χ4n) is 2.10. The second kappa shape index (κ2) is 4.67. The van der Waals surface area contributed by atoms with E-state index in [1.165, 1.54) is 11.1 Å². The molecular weight excluding hydrogens is 212 g/mol. The molecule has 4 heteroatoms. The molecule has 0 radical (unpaired) electrons. The Hall–Kier alpha value is -1.68. The van der Waals surface area contributed by atoms with E-state index in [1.54, 1.807) is 6.33 Å². The van der Waals surface area contributed by atoms with Crippen molar-refractivity contribution >= 4 is 0 Å². The summed E-state index contributed by atoms with van der Waals surface area (Å²) in [5, 5.41) is 4.15. The van der Waals surface area contributed by atoms with Gasteiger partial charge in [0, 0.05) is 6.54 Å². The molecule has 1 atom stereocenters. The van der Waals surface area contributed by atoms with Crippen molar-refractivity contribution in [3.05, 3.63) is 47.0 Å². The van der Waals surface area contributed by atoms with Gasteiger partial charge in [-0.15, -0.1) is 0 Å². The minimum atomic E-state index is -0.212. The zero-order chi connectivity index (χ0) is 12.4. The fraction of sp³-hybridized carbons (Fsp3) is 0.385. The number of hydrogen-bond acceptors (Lipinski definition) is 3. The molecule has 0 bridgehead atoms. The van der Waals surface area contributed by atoms with E-state index in [-0.39, 0.29) is 6.04 Å². The quantitative estimate of drug-likeness (QED) is 0.877. The Labute approximate surface area is 101 Å². The first-order chi connectivity index (χ1) is 8.11. The van der Waals surface area contributed by atoms with Crippen LogP contribution in [0.1, 0.15) is 35.5 Å². The number of aryl methyl sites for hydroxylation is 3. The molecule has 0 spiro atoms. The molecule has 0 saturated carbocycles. The maximum Gasteiger partial charge on any atom is 0.148 e. The van der Waals surface area contributed by atoms with Crippen molar-refractivity contribution in [2.45, 2.75) is 33.4 Å². The summed E-state index contributed by atoms with van der Waals surface area (Å²) >= 11 is 0. The lowest BCUT2D eigenvalue weighted by Gasteiger charge is -2.13. The highest BCUT2D eigenvalue weighted by molar-refractivity contribution is 5.33. The summed E-state index contributed by atoms with van der Waals surface area (Å²) in [5.41, 5.74) is 9.78. The molecule has 1 aromatic heterocycles. The summed E-state index contributed by atoms with van der Waals surface area (Å²) < 4.78 is 1.84. The van der Waals surface area contributed by atoms with Gasteiger partial charge < -0.3 is 5.73 Å². The summed E-state index contributed by atoms with van der Waals surface area (Å²) in [5.74, 6) is 0.817. The predicted octanol–water partition coefficient (Wildman–Crippen LogP) is 1.96. The topological polar surface area (TPSA) is 56.7 Å². The van der Waals surface area contributed by atoms with Gasteiger partial charge in [0.2, 0.25) is 0 Å². The van der Waals surface area contributed by atoms with Crippen LogP contribution in [0.5, 0.6) is 0 Å². The van der Waals surface area contributed by atoms with Crippen molar-refractivity contribution in [2.24, 2.45) is 5.73 Å². The summed E-state index contributed by atoms with van der Waals surface area (Å²) in [7, 11) is 0. The molecule has 0 aliphatic carbocycles. The van der Waals surface area contributed by atoms with Crippen molar-refractivity contribution in [2.75, 3.05) is 0 Å². The maximum absolute atomic E-state index is 6.25. The SMILES string of the molecule is CCn1ncnc1C(N)c1cc(C)cc(C)c1. The highest BCUT2D eigenvalue weighted by Crippen LogP contribution is 2.20. The van der Waals surface area contributed by atoms with Gasteiger partial charge in [-0.05, 0) is 26.3 Å². The van der Waals surface area contributed by atoms with E-state index in [4.69, 9.17) is 5.73 Å². The van der Waals surface area contributed by atoms with Gasteiger partial charge in [-0.1, -0.05) is 29.3 Å². The molecule has 0 fully saturated rings. The zero-order valence-corrected chi connectivity index (χ0v) is 10.5. The van der Waals surface area contributed by atoms with E-state index in [2.05, 4.69) is 42.1 Å². The second-order valence-corrected chi connectivity index (χ2v) is 4.33. The highest BCUT2D eigenvalue weighted by Gasteiger charge is 2.15. The van der Waals surface area contributed by atoms with Crippen LogP contribution in [-0.4, -0.2) is 14.8 Å². The molecule has 4 nitrogen and oxygen atoms in total. The van der Waals surface area contributed by atoms with Gasteiger partial charge in [0.1, 0.15) is 12.2 Å². The number of benzene rings is 1. The molecule has 2 aromatic rings. The molecule has 0 amide bonds. The third-order valence-electron chi connectivity index (χ3n) is 2.83. The van der Waals surface area contributed by atoms with Crippen molar-refractivity contribution in [3.63, 3.8) is 0 Å². The van der Waals surface area contributed by atoms with E-state index in [1.807, 2.05) is 11.6 Å². The van der Waals surface area contributed by atoms with Gasteiger partial charge in [-0.2, -0.15) is 5.10 Å². The third-order valence-corrected chi connectivity index (χ3v) is 2.83. The number of nitrogens with two attached hydrogens (primary N) is 1. The number of nitrogens with zero attached hydrogens (tertiary/aromatic N) is 3. The molecular formula is C13H18N4. The summed E-state index contributed by atoms with van der Waals surface area (Å²) in [4.78, 5) is 4.25. The molecule has 0 aliphatic heterocycles. The lowest BCUT2D eigenvalue weighted by molar-refractivity contribution is 0.591. The third kappa shape index (κ3) is 2.36. The number of hydrogen-bond donors (Lipinski definition) is 1. The van der Waals surface area contributed by atoms with Gasteiger partial charge in [-0.3, -0.25) is 0 Å². The highest BCUT2D eigenvalue weighted by atomic mass is 15.3. The van der Waals surface area contributed by atoms with E-state index in [0.29, 0.717) is 0 Å². The zero-order valence-electron chi connectivity index (χ0n) is 10.5. The minimum absolute atomic E-state index is 0.212. The molecule has 0 aliphatic rings. The molecule has 2 rings (SSSR count). The van der Waals surface area contributed by atoms with E-state index in [0.717, 1.165) is 17.9 Å². The number of aromatic nitrogens is 3. The Kier molecular flexibility index (Phi) is 3.24. The Bertz CT molecular complexity index is 496. The van der Waals surface area contributed by atoms with E-state index >= 15 is 0 Å². The first-order valence-corrected chi connectivity index (χ1v) is 5.83. The van der Waals surface area contributed by atoms with Crippen LogP contribution in [-0.2, 0) is 6.54 Å². The van der Waals surface area contributed by atoms with Gasteiger partial charge in [-0.25, -0.2) is 9.67 Å². The van der Waals surface area contributed by atoms with Gasteiger partial charge in [0.15, 0.2) is 0 Å². The average Bonchev–Trinajstić information content (AvgIpc) is 2.74. The molecule has 1 heterocycles. The first kappa shape index (κ1) is 11.8. The molecule has 1 unspecified atom stereocenters. The van der Waals surface area contributed by atoms with Crippen LogP contribution in [0.25, 0.3) is 0 Å². The molecule has 0 saturated heterocycles. The largest absolute Gasteiger partial charge is 0.318 e. The lowest BCUT2D eigenvalue weighted by Crippen LogP contribution is -2.18. The Morgan fingerprint density at radius 2 is 1.88 bits per heavy atom. The van der Waals surface area contributed by atoms with Gasteiger partial charge >= 0.3 is 0 Å². The molecule has 2 N–H and O–H groups in total. The lowest BCUT2D eigenvalue weighted by atomic mass is 10.0. The van der Waals surface area contributed by atoms with Crippen LogP contribution < -0.4 is 5.73 Å². The van der Waals surface area contributed by atoms with Crippen LogP contribution in [0.15, 0.2) is 24.5 Å². The molecule has 17 heavy (non-hydrogen) atoms. The van der Waals surface area contributed by atoms with Crippen LogP contribution in [0.4, 0.5) is 0 Å². The minimum Gasteiger partial charge on any atom is -0.318 e. The molecule has 1 aromatic carbocycles.